The fourth-order valence-corrected chi connectivity index (χ4v) is 2.27. The first-order chi connectivity index (χ1) is 11.0. The minimum atomic E-state index is -0.109. The standard InChI is InChI=1S/C17H21BrN4O/c1-5-22(4)11-20-16-10-15(18)17(21-12(16)2)23-13(3)14-6-8-19-9-7-14/h6-11,13H,5H2,1-4H3/b20-11+. The highest BCUT2D eigenvalue weighted by Crippen LogP contribution is 2.32. The molecule has 0 aliphatic carbocycles. The van der Waals surface area contributed by atoms with Crippen molar-refractivity contribution in [2.75, 3.05) is 13.6 Å². The predicted octanol–water partition coefficient (Wildman–Crippen LogP) is 4.30. The highest BCUT2D eigenvalue weighted by atomic mass is 79.9. The van der Waals surface area contributed by atoms with Crippen molar-refractivity contribution in [2.24, 2.45) is 4.99 Å². The average Bonchev–Trinajstić information content (AvgIpc) is 2.57. The fourth-order valence-electron chi connectivity index (χ4n) is 1.87. The van der Waals surface area contributed by atoms with Crippen LogP contribution < -0.4 is 4.74 Å². The minimum Gasteiger partial charge on any atom is -0.469 e. The summed E-state index contributed by atoms with van der Waals surface area (Å²) in [5.74, 6) is 0.564. The zero-order valence-corrected chi connectivity index (χ0v) is 15.4. The van der Waals surface area contributed by atoms with Crippen molar-refractivity contribution in [3.05, 3.63) is 46.3 Å². The van der Waals surface area contributed by atoms with Gasteiger partial charge in [0.15, 0.2) is 0 Å². The third-order valence-corrected chi connectivity index (χ3v) is 4.03. The molecule has 0 radical (unpaired) electrons. The Kier molecular flexibility index (Phi) is 6.10. The smallest absolute Gasteiger partial charge is 0.228 e. The van der Waals surface area contributed by atoms with Crippen molar-refractivity contribution in [1.29, 1.82) is 0 Å². The maximum absolute atomic E-state index is 5.97. The second-order valence-electron chi connectivity index (χ2n) is 5.24. The molecule has 0 aliphatic heterocycles. The quantitative estimate of drug-likeness (QED) is 0.556. The summed E-state index contributed by atoms with van der Waals surface area (Å²) in [4.78, 5) is 15.0. The van der Waals surface area contributed by atoms with Gasteiger partial charge in [-0.1, -0.05) is 0 Å². The van der Waals surface area contributed by atoms with Gasteiger partial charge in [0.25, 0.3) is 0 Å². The van der Waals surface area contributed by atoms with E-state index in [1.807, 2.05) is 44.0 Å². The molecule has 0 amide bonds. The summed E-state index contributed by atoms with van der Waals surface area (Å²) in [6.45, 7) is 6.89. The van der Waals surface area contributed by atoms with Crippen molar-refractivity contribution in [1.82, 2.24) is 14.9 Å². The molecule has 0 bridgehead atoms. The van der Waals surface area contributed by atoms with Crippen LogP contribution in [0.15, 0.2) is 40.1 Å². The molecule has 0 aliphatic rings. The first kappa shape index (κ1) is 17.4. The molecule has 2 aromatic heterocycles. The van der Waals surface area contributed by atoms with Gasteiger partial charge in [-0.3, -0.25) is 4.98 Å². The van der Waals surface area contributed by atoms with Gasteiger partial charge in [-0.25, -0.2) is 9.98 Å². The molecule has 1 unspecified atom stereocenters. The maximum Gasteiger partial charge on any atom is 0.228 e. The van der Waals surface area contributed by atoms with E-state index in [4.69, 9.17) is 4.74 Å². The Hall–Kier alpha value is -1.95. The average molecular weight is 377 g/mol. The number of rotatable bonds is 6. The number of pyridine rings is 2. The van der Waals surface area contributed by atoms with E-state index in [1.54, 1.807) is 18.7 Å². The number of halogens is 1. The molecular weight excluding hydrogens is 356 g/mol. The predicted molar refractivity (Wildman–Crippen MR) is 96.4 cm³/mol. The van der Waals surface area contributed by atoms with E-state index in [1.165, 1.54) is 0 Å². The molecule has 0 fully saturated rings. The summed E-state index contributed by atoms with van der Waals surface area (Å²) < 4.78 is 6.75. The van der Waals surface area contributed by atoms with E-state index in [2.05, 4.69) is 37.8 Å². The van der Waals surface area contributed by atoms with Crippen LogP contribution in [0.3, 0.4) is 0 Å². The van der Waals surface area contributed by atoms with Crippen molar-refractivity contribution >= 4 is 28.0 Å². The van der Waals surface area contributed by atoms with Crippen LogP contribution in [-0.4, -0.2) is 34.8 Å². The van der Waals surface area contributed by atoms with Crippen LogP contribution in [0, 0.1) is 6.92 Å². The van der Waals surface area contributed by atoms with Gasteiger partial charge >= 0.3 is 0 Å². The molecule has 5 nitrogen and oxygen atoms in total. The number of aryl methyl sites for hydroxylation is 1. The van der Waals surface area contributed by atoms with Gasteiger partial charge in [0.1, 0.15) is 6.10 Å². The van der Waals surface area contributed by atoms with E-state index < -0.39 is 0 Å². The highest BCUT2D eigenvalue weighted by Gasteiger charge is 2.13. The molecule has 0 saturated heterocycles. The third kappa shape index (κ3) is 4.76. The first-order valence-electron chi connectivity index (χ1n) is 7.49. The molecule has 122 valence electrons. The zero-order valence-electron chi connectivity index (χ0n) is 13.8. The summed E-state index contributed by atoms with van der Waals surface area (Å²) >= 11 is 3.52. The van der Waals surface area contributed by atoms with Gasteiger partial charge in [0.2, 0.25) is 5.88 Å². The monoisotopic (exact) mass is 376 g/mol. The first-order valence-corrected chi connectivity index (χ1v) is 8.28. The SMILES string of the molecule is CCN(C)/C=N/c1cc(Br)c(OC(C)c2ccncc2)nc1C. The van der Waals surface area contributed by atoms with E-state index in [0.29, 0.717) is 5.88 Å². The zero-order chi connectivity index (χ0) is 16.8. The van der Waals surface area contributed by atoms with Crippen LogP contribution in [-0.2, 0) is 0 Å². The Labute approximate surface area is 145 Å². The van der Waals surface area contributed by atoms with Crippen LogP contribution >= 0.6 is 15.9 Å². The summed E-state index contributed by atoms with van der Waals surface area (Å²) in [5, 5.41) is 0. The van der Waals surface area contributed by atoms with Gasteiger partial charge in [-0.05, 0) is 60.5 Å². The fraction of sp³-hybridized carbons (Fsp3) is 0.353. The normalized spacial score (nSPS) is 12.4. The van der Waals surface area contributed by atoms with Crippen LogP contribution in [0.1, 0.15) is 31.2 Å². The Morgan fingerprint density at radius 2 is 2.09 bits per heavy atom. The molecule has 0 saturated carbocycles. The lowest BCUT2D eigenvalue weighted by Crippen LogP contribution is -2.14. The van der Waals surface area contributed by atoms with E-state index in [0.717, 1.165) is 28.0 Å². The summed E-state index contributed by atoms with van der Waals surface area (Å²) in [7, 11) is 1.98. The van der Waals surface area contributed by atoms with Crippen molar-refractivity contribution in [3.63, 3.8) is 0 Å². The number of hydrogen-bond donors (Lipinski definition) is 0. The van der Waals surface area contributed by atoms with Crippen LogP contribution in [0.25, 0.3) is 0 Å². The molecule has 0 spiro atoms. The molecule has 0 aromatic carbocycles. The van der Waals surface area contributed by atoms with Crippen molar-refractivity contribution in [2.45, 2.75) is 26.9 Å². The van der Waals surface area contributed by atoms with E-state index in [-0.39, 0.29) is 6.10 Å². The van der Waals surface area contributed by atoms with Gasteiger partial charge in [0, 0.05) is 26.0 Å². The Balaban J connectivity index is 2.18. The van der Waals surface area contributed by atoms with E-state index in [9.17, 15) is 0 Å². The van der Waals surface area contributed by atoms with Crippen LogP contribution in [0.2, 0.25) is 0 Å². The van der Waals surface area contributed by atoms with Crippen LogP contribution in [0.5, 0.6) is 5.88 Å². The summed E-state index contributed by atoms with van der Waals surface area (Å²) in [6, 6.07) is 5.80. The molecular formula is C17H21BrN4O. The van der Waals surface area contributed by atoms with Crippen molar-refractivity contribution in [3.8, 4) is 5.88 Å². The number of nitrogens with zero attached hydrogens (tertiary/aromatic N) is 4. The number of aliphatic imine (C=N–C) groups is 1. The molecule has 0 N–H and O–H groups in total. The minimum absolute atomic E-state index is 0.109. The molecule has 2 rings (SSSR count). The van der Waals surface area contributed by atoms with Gasteiger partial charge in [0.05, 0.1) is 22.2 Å². The van der Waals surface area contributed by atoms with E-state index >= 15 is 0 Å². The second kappa shape index (κ2) is 8.06. The van der Waals surface area contributed by atoms with Crippen molar-refractivity contribution < 1.29 is 4.74 Å². The van der Waals surface area contributed by atoms with Crippen LogP contribution in [0.4, 0.5) is 5.69 Å². The lowest BCUT2D eigenvalue weighted by Gasteiger charge is -2.16. The maximum atomic E-state index is 5.97. The van der Waals surface area contributed by atoms with Gasteiger partial charge < -0.3 is 9.64 Å². The molecule has 23 heavy (non-hydrogen) atoms. The largest absolute Gasteiger partial charge is 0.469 e. The summed E-state index contributed by atoms with van der Waals surface area (Å²) in [6.07, 6.45) is 5.20. The molecule has 6 heteroatoms. The number of aromatic nitrogens is 2. The molecule has 2 aromatic rings. The Morgan fingerprint density at radius 1 is 1.39 bits per heavy atom. The second-order valence-corrected chi connectivity index (χ2v) is 6.09. The topological polar surface area (TPSA) is 50.6 Å². The number of ether oxygens (including phenoxy) is 1. The lowest BCUT2D eigenvalue weighted by molar-refractivity contribution is 0.215. The summed E-state index contributed by atoms with van der Waals surface area (Å²) in [5.41, 5.74) is 2.70. The lowest BCUT2D eigenvalue weighted by atomic mass is 10.2. The van der Waals surface area contributed by atoms with Gasteiger partial charge in [-0.2, -0.15) is 0 Å². The highest BCUT2D eigenvalue weighted by molar-refractivity contribution is 9.10. The Bertz CT molecular complexity index is 676. The Morgan fingerprint density at radius 3 is 2.74 bits per heavy atom. The van der Waals surface area contributed by atoms with Gasteiger partial charge in [-0.15, -0.1) is 0 Å². The third-order valence-electron chi connectivity index (χ3n) is 3.46. The molecule has 1 atom stereocenters. The number of hydrogen-bond acceptors (Lipinski definition) is 4. The molecule has 2 heterocycles.